The van der Waals surface area contributed by atoms with Crippen molar-refractivity contribution in [3.63, 3.8) is 0 Å². The minimum absolute atomic E-state index is 0.103. The number of halogens is 1. The maximum atomic E-state index is 6.09. The van der Waals surface area contributed by atoms with E-state index in [-0.39, 0.29) is 11.6 Å². The second-order valence-corrected chi connectivity index (χ2v) is 6.30. The molecule has 2 N–H and O–H groups in total. The number of benzene rings is 1. The first-order chi connectivity index (χ1) is 8.98. The Labute approximate surface area is 120 Å². The Hall–Kier alpha value is -1.49. The van der Waals surface area contributed by atoms with Gasteiger partial charge in [0.1, 0.15) is 17.2 Å². The number of rotatable bonds is 1. The van der Waals surface area contributed by atoms with E-state index in [1.807, 2.05) is 22.9 Å². The number of aromatic nitrogens is 2. The zero-order chi connectivity index (χ0) is 13.6. The minimum atomic E-state index is -0.232. The topological polar surface area (TPSA) is 53.1 Å². The number of anilines is 1. The number of nitrogen functional groups attached to an aromatic ring is 1. The fourth-order valence-electron chi connectivity index (χ4n) is 2.58. The lowest BCUT2D eigenvalue weighted by atomic mass is 9.90. The van der Waals surface area contributed by atoms with Crippen molar-refractivity contribution in [1.29, 1.82) is 0 Å². The molecule has 4 nitrogen and oxygen atoms in total. The van der Waals surface area contributed by atoms with Gasteiger partial charge in [0.25, 0.3) is 0 Å². The van der Waals surface area contributed by atoms with Crippen molar-refractivity contribution in [2.24, 2.45) is 0 Å². The van der Waals surface area contributed by atoms with Gasteiger partial charge < -0.3 is 10.5 Å². The molecular weight excluding hydrogens is 306 g/mol. The first kappa shape index (κ1) is 12.5. The highest BCUT2D eigenvalue weighted by atomic mass is 79.9. The molecule has 0 amide bonds. The average molecular weight is 322 g/mol. The van der Waals surface area contributed by atoms with Gasteiger partial charge >= 0.3 is 0 Å². The second-order valence-electron chi connectivity index (χ2n) is 5.44. The van der Waals surface area contributed by atoms with Crippen molar-refractivity contribution < 1.29 is 4.74 Å². The summed E-state index contributed by atoms with van der Waals surface area (Å²) in [6.45, 7) is 4.18. The molecule has 1 unspecified atom stereocenters. The Kier molecular flexibility index (Phi) is 2.82. The normalized spacial score (nSPS) is 20.7. The number of hydrogen-bond donors (Lipinski definition) is 1. The molecule has 1 aromatic heterocycles. The molecular formula is C14H16BrN3O. The van der Waals surface area contributed by atoms with Crippen LogP contribution in [0.2, 0.25) is 0 Å². The molecule has 0 radical (unpaired) electrons. The van der Waals surface area contributed by atoms with Crippen LogP contribution in [-0.2, 0) is 0 Å². The lowest BCUT2D eigenvalue weighted by molar-refractivity contribution is 0.0652. The molecule has 0 spiro atoms. The Morgan fingerprint density at radius 3 is 2.84 bits per heavy atom. The molecule has 0 saturated heterocycles. The first-order valence-corrected chi connectivity index (χ1v) is 7.04. The molecule has 2 heterocycles. The van der Waals surface area contributed by atoms with Gasteiger partial charge in [0, 0.05) is 12.0 Å². The quantitative estimate of drug-likeness (QED) is 0.876. The summed E-state index contributed by atoms with van der Waals surface area (Å²) >= 11 is 3.41. The van der Waals surface area contributed by atoms with Gasteiger partial charge in [0.2, 0.25) is 0 Å². The Balaban J connectivity index is 2.13. The predicted molar refractivity (Wildman–Crippen MR) is 78.2 cm³/mol. The Bertz CT molecular complexity index is 621. The highest BCUT2D eigenvalue weighted by molar-refractivity contribution is 9.10. The third kappa shape index (κ3) is 2.12. The first-order valence-electron chi connectivity index (χ1n) is 6.24. The van der Waals surface area contributed by atoms with E-state index in [1.165, 1.54) is 0 Å². The van der Waals surface area contributed by atoms with Crippen LogP contribution in [0.3, 0.4) is 0 Å². The van der Waals surface area contributed by atoms with E-state index in [0.717, 1.165) is 22.2 Å². The van der Waals surface area contributed by atoms with Crippen LogP contribution in [0.4, 0.5) is 5.82 Å². The van der Waals surface area contributed by atoms with Crippen LogP contribution in [0.25, 0.3) is 0 Å². The van der Waals surface area contributed by atoms with Crippen LogP contribution < -0.4 is 10.5 Å². The van der Waals surface area contributed by atoms with Crippen molar-refractivity contribution >= 4 is 21.7 Å². The van der Waals surface area contributed by atoms with Gasteiger partial charge in [-0.25, -0.2) is 4.68 Å². The summed E-state index contributed by atoms with van der Waals surface area (Å²) in [5.74, 6) is 1.56. The fourth-order valence-corrected chi connectivity index (χ4v) is 2.85. The fraction of sp³-hybridized carbons (Fsp3) is 0.357. The number of hydrogen-bond acceptors (Lipinski definition) is 3. The van der Waals surface area contributed by atoms with Crippen molar-refractivity contribution in [3.8, 4) is 5.75 Å². The van der Waals surface area contributed by atoms with Crippen LogP contribution in [0.15, 0.2) is 34.9 Å². The summed E-state index contributed by atoms with van der Waals surface area (Å²) in [4.78, 5) is 0. The van der Waals surface area contributed by atoms with Crippen molar-refractivity contribution in [1.82, 2.24) is 9.78 Å². The average Bonchev–Trinajstić information content (AvgIpc) is 2.68. The van der Waals surface area contributed by atoms with Crippen molar-refractivity contribution in [2.75, 3.05) is 5.73 Å². The summed E-state index contributed by atoms with van der Waals surface area (Å²) in [5.41, 5.74) is 6.99. The van der Waals surface area contributed by atoms with Gasteiger partial charge in [-0.2, -0.15) is 5.10 Å². The van der Waals surface area contributed by atoms with Gasteiger partial charge in [0.15, 0.2) is 0 Å². The van der Waals surface area contributed by atoms with Gasteiger partial charge in [-0.1, -0.05) is 18.2 Å². The van der Waals surface area contributed by atoms with Crippen LogP contribution in [0.5, 0.6) is 5.75 Å². The van der Waals surface area contributed by atoms with E-state index in [2.05, 4.69) is 40.9 Å². The molecule has 1 aromatic carbocycles. The third-order valence-electron chi connectivity index (χ3n) is 3.43. The highest BCUT2D eigenvalue weighted by Crippen LogP contribution is 2.42. The lowest BCUT2D eigenvalue weighted by Gasteiger charge is -2.37. The molecule has 0 bridgehead atoms. The molecule has 1 aliphatic heterocycles. The Morgan fingerprint density at radius 1 is 1.42 bits per heavy atom. The Morgan fingerprint density at radius 2 is 2.16 bits per heavy atom. The number of fused-ring (bicyclic) bond motifs is 1. The zero-order valence-corrected chi connectivity index (χ0v) is 12.5. The molecule has 0 saturated carbocycles. The second kappa shape index (κ2) is 4.27. The molecule has 2 aromatic rings. The maximum absolute atomic E-state index is 6.09. The molecule has 1 atom stereocenters. The van der Waals surface area contributed by atoms with Crippen molar-refractivity contribution in [2.45, 2.75) is 31.9 Å². The van der Waals surface area contributed by atoms with Gasteiger partial charge in [0.05, 0.1) is 16.7 Å². The number of para-hydroxylation sites is 1. The van der Waals surface area contributed by atoms with E-state index in [0.29, 0.717) is 5.82 Å². The lowest BCUT2D eigenvalue weighted by Crippen LogP contribution is -2.37. The van der Waals surface area contributed by atoms with Gasteiger partial charge in [-0.15, -0.1) is 0 Å². The molecule has 19 heavy (non-hydrogen) atoms. The van der Waals surface area contributed by atoms with Crippen LogP contribution in [0.1, 0.15) is 31.9 Å². The number of nitrogens with zero attached hydrogens (tertiary/aromatic N) is 2. The summed E-state index contributed by atoms with van der Waals surface area (Å²) in [6.07, 6.45) is 2.57. The number of nitrogens with two attached hydrogens (primary N) is 1. The summed E-state index contributed by atoms with van der Waals surface area (Å²) < 4.78 is 8.72. The van der Waals surface area contributed by atoms with E-state index < -0.39 is 0 Å². The molecule has 5 heteroatoms. The summed E-state index contributed by atoms with van der Waals surface area (Å²) in [7, 11) is 0. The van der Waals surface area contributed by atoms with E-state index in [1.54, 1.807) is 6.20 Å². The van der Waals surface area contributed by atoms with E-state index in [4.69, 9.17) is 10.5 Å². The zero-order valence-electron chi connectivity index (χ0n) is 10.9. The SMILES string of the molecule is CC1(C)CC(n2ncc(Br)c2N)c2ccccc2O1. The van der Waals surface area contributed by atoms with Crippen LogP contribution >= 0.6 is 15.9 Å². The highest BCUT2D eigenvalue weighted by Gasteiger charge is 2.35. The summed E-state index contributed by atoms with van der Waals surface area (Å²) in [6, 6.07) is 8.18. The monoisotopic (exact) mass is 321 g/mol. The smallest absolute Gasteiger partial charge is 0.136 e. The van der Waals surface area contributed by atoms with E-state index in [9.17, 15) is 0 Å². The summed E-state index contributed by atoms with van der Waals surface area (Å²) in [5, 5.41) is 4.39. The molecule has 3 rings (SSSR count). The minimum Gasteiger partial charge on any atom is -0.487 e. The largest absolute Gasteiger partial charge is 0.487 e. The van der Waals surface area contributed by atoms with Crippen LogP contribution in [0, 0.1) is 0 Å². The molecule has 0 fully saturated rings. The van der Waals surface area contributed by atoms with Crippen molar-refractivity contribution in [3.05, 3.63) is 40.5 Å². The predicted octanol–water partition coefficient (Wildman–Crippen LogP) is 3.38. The van der Waals surface area contributed by atoms with E-state index >= 15 is 0 Å². The number of ether oxygens (including phenoxy) is 1. The maximum Gasteiger partial charge on any atom is 0.136 e. The molecule has 100 valence electrons. The van der Waals surface area contributed by atoms with Gasteiger partial charge in [-0.3, -0.25) is 0 Å². The standard InChI is InChI=1S/C14H16BrN3O/c1-14(2)7-11(18-13(16)10(15)8-17-18)9-5-3-4-6-12(9)19-14/h3-6,8,11H,7,16H2,1-2H3. The molecule has 0 aliphatic carbocycles. The third-order valence-corrected chi connectivity index (χ3v) is 4.04. The van der Waals surface area contributed by atoms with Gasteiger partial charge in [-0.05, 0) is 35.8 Å². The molecule has 1 aliphatic rings. The van der Waals surface area contributed by atoms with Crippen LogP contribution in [-0.4, -0.2) is 15.4 Å².